The van der Waals surface area contributed by atoms with Gasteiger partial charge >= 0.3 is 29.8 Å². The maximum atomic E-state index is 12.8. The van der Waals surface area contributed by atoms with E-state index in [4.69, 9.17) is 42.0 Å². The van der Waals surface area contributed by atoms with Crippen molar-refractivity contribution in [1.29, 1.82) is 0 Å². The summed E-state index contributed by atoms with van der Waals surface area (Å²) < 4.78 is 82.2. The highest BCUT2D eigenvalue weighted by atomic mass is 31.2. The fourth-order valence-corrected chi connectivity index (χ4v) is 6.75. The summed E-state index contributed by atoms with van der Waals surface area (Å²) in [7, 11) is -6.07. The van der Waals surface area contributed by atoms with Crippen LogP contribution in [0.4, 0.5) is 0 Å². The van der Waals surface area contributed by atoms with Crippen molar-refractivity contribution in [3.05, 3.63) is 0 Å². The standard InChI is InChI=1S/C26H39N2O19P.2C6H15N/c1-10(29)27-19-23(43-16(7)35)21(41-14(5)33)17(8-39-12(3)31)44-25(19)46-24-20(28-11(2)30)26(47-48(36,37)38)45-18(9-40-13(4)32)22(24)42-15(6)34;2*1-4-7(5-2)6-3/h17-26H,8-9H2,1-7H3,(H,27,29)(H,28,30)(H2,36,37,38);2*4-6H2,1-3H3/t17-,18-,19-,20-,21-,22-,23-,24-,25+,26-;;/m1../s1/i2T3;;. The summed E-state index contributed by atoms with van der Waals surface area (Å²) in [5, 5.41) is 4.28. The van der Waals surface area contributed by atoms with Crippen LogP contribution in [0.1, 0.15) is 94.0 Å². The molecule has 0 unspecified atom stereocenters. The van der Waals surface area contributed by atoms with Crippen molar-refractivity contribution in [3.63, 3.8) is 0 Å². The van der Waals surface area contributed by atoms with Crippen LogP contribution >= 0.6 is 7.82 Å². The number of nitrogens with one attached hydrogen (secondary N) is 4. The molecule has 2 heterocycles. The maximum absolute atomic E-state index is 12.8. The van der Waals surface area contributed by atoms with E-state index in [0.717, 1.165) is 41.5 Å². The lowest BCUT2D eigenvalue weighted by molar-refractivity contribution is -0.894. The van der Waals surface area contributed by atoms with E-state index in [-0.39, 0.29) is 0 Å². The molecule has 24 heteroatoms. The van der Waals surface area contributed by atoms with Gasteiger partial charge in [0.25, 0.3) is 0 Å². The van der Waals surface area contributed by atoms with Crippen molar-refractivity contribution in [2.75, 3.05) is 52.5 Å². The number of phosphoric ester groups is 1. The van der Waals surface area contributed by atoms with Gasteiger partial charge in [0.1, 0.15) is 43.6 Å². The minimum atomic E-state index is -6.07. The molecule has 2 amide bonds. The summed E-state index contributed by atoms with van der Waals surface area (Å²) in [6, 6.07) is -3.92. The van der Waals surface area contributed by atoms with Gasteiger partial charge in [-0.1, -0.05) is 0 Å². The predicted octanol–water partition coefficient (Wildman–Crippen LogP) is -3.54. The van der Waals surface area contributed by atoms with E-state index >= 15 is 0 Å². The minimum absolute atomic E-state index is 0.714. The van der Waals surface area contributed by atoms with Gasteiger partial charge in [-0.05, 0) is 41.5 Å². The lowest BCUT2D eigenvalue weighted by Crippen LogP contribution is -3.11. The smallest absolute Gasteiger partial charge is 0.303 e. The Morgan fingerprint density at radius 1 is 0.565 bits per heavy atom. The number of amides is 2. The Balaban J connectivity index is 0.00000251. The quantitative estimate of drug-likeness (QED) is 0.0554. The van der Waals surface area contributed by atoms with Crippen molar-refractivity contribution in [3.8, 4) is 0 Å². The molecule has 0 aromatic rings. The molecule has 360 valence electrons. The van der Waals surface area contributed by atoms with Gasteiger partial charge < -0.3 is 77.2 Å². The number of quaternary nitrogens is 2. The monoisotopic (exact) mass is 922 g/mol. The summed E-state index contributed by atoms with van der Waals surface area (Å²) in [5.74, 6) is -7.44. The molecule has 0 radical (unpaired) electrons. The third-order valence-electron chi connectivity index (χ3n) is 9.29. The number of hydrogen-bond donors (Lipinski definition) is 4. The fourth-order valence-electron chi connectivity index (χ4n) is 6.32. The number of carbonyl (C=O) groups excluding carboxylic acids is 7. The zero-order valence-corrected chi connectivity index (χ0v) is 38.5. The second-order valence-corrected chi connectivity index (χ2v) is 15.0. The molecule has 2 aliphatic heterocycles. The number of hydrogen-bond acceptors (Lipinski definition) is 19. The summed E-state index contributed by atoms with van der Waals surface area (Å²) in [5.41, 5.74) is 0. The minimum Gasteiger partial charge on any atom is -0.790 e. The van der Waals surface area contributed by atoms with E-state index in [1.54, 1.807) is 9.80 Å². The van der Waals surface area contributed by atoms with Crippen molar-refractivity contribution in [1.82, 2.24) is 10.6 Å². The Bertz CT molecular complexity index is 1560. The Morgan fingerprint density at radius 2 is 0.919 bits per heavy atom. The molecule has 2 rings (SSSR count). The zero-order chi connectivity index (χ0) is 50.4. The topological polar surface area (TPSA) is 299 Å². The third-order valence-corrected chi connectivity index (χ3v) is 9.76. The van der Waals surface area contributed by atoms with Gasteiger partial charge in [-0.25, -0.2) is 0 Å². The largest absolute Gasteiger partial charge is 0.790 e. The van der Waals surface area contributed by atoms with Crippen molar-refractivity contribution in [2.24, 2.45) is 0 Å². The molecule has 0 spiro atoms. The van der Waals surface area contributed by atoms with Crippen LogP contribution in [0, 0.1) is 0 Å². The summed E-state index contributed by atoms with van der Waals surface area (Å²) in [6.45, 7) is 21.7. The normalized spacial score (nSPS) is 26.6. The number of phosphoric acid groups is 1. The first-order chi connectivity index (χ1) is 30.1. The average molecular weight is 923 g/mol. The maximum Gasteiger partial charge on any atom is 0.303 e. The SMILES string of the molecule is CC[NH+](CC)CC.CC[NH+](CC)CC.[3H]C([3H])([3H])C(=O)N[C@H]1[C@@H](OP(=O)([O-])[O-])O[C@H](COC(C)=O)[C@@H](OC(C)=O)[C@@H]1O[C@@H]1O[C@H](COC(C)=O)[C@@H](OC(C)=O)[C@H](OC(C)=O)[C@H]1NC(C)=O. The zero-order valence-electron chi connectivity index (χ0n) is 40.6. The van der Waals surface area contributed by atoms with E-state index in [9.17, 15) is 47.9 Å². The number of esters is 5. The second kappa shape index (κ2) is 29.5. The van der Waals surface area contributed by atoms with Crippen molar-refractivity contribution < 1.29 is 104 Å². The van der Waals surface area contributed by atoms with Crippen LogP contribution in [0.3, 0.4) is 0 Å². The third kappa shape index (κ3) is 22.5. The first-order valence-electron chi connectivity index (χ1n) is 21.8. The first-order valence-corrected chi connectivity index (χ1v) is 21.7. The molecule has 0 aromatic heterocycles. The highest BCUT2D eigenvalue weighted by Gasteiger charge is 2.56. The van der Waals surface area contributed by atoms with E-state index in [1.165, 1.54) is 39.3 Å². The predicted molar refractivity (Wildman–Crippen MR) is 211 cm³/mol. The van der Waals surface area contributed by atoms with Crippen LogP contribution < -0.4 is 30.2 Å². The Labute approximate surface area is 367 Å². The highest BCUT2D eigenvalue weighted by molar-refractivity contribution is 7.43. The Morgan fingerprint density at radius 3 is 1.24 bits per heavy atom. The van der Waals surface area contributed by atoms with Gasteiger partial charge in [0.2, 0.25) is 11.8 Å². The lowest BCUT2D eigenvalue weighted by atomic mass is 9.94. The second-order valence-electron chi connectivity index (χ2n) is 13.9. The lowest BCUT2D eigenvalue weighted by Gasteiger charge is -2.50. The molecular formula is C38H69N4O19P. The number of carbonyl (C=O) groups is 7. The summed E-state index contributed by atoms with van der Waals surface area (Å²) >= 11 is 0. The van der Waals surface area contributed by atoms with E-state index in [1.807, 2.05) is 5.32 Å². The van der Waals surface area contributed by atoms with Crippen LogP contribution in [-0.2, 0) is 80.5 Å². The Hall–Kier alpha value is -3.80. The van der Waals surface area contributed by atoms with Gasteiger partial charge in [-0.15, -0.1) is 0 Å². The molecule has 0 bridgehead atoms. The van der Waals surface area contributed by atoms with Crippen LogP contribution in [0.15, 0.2) is 0 Å². The van der Waals surface area contributed by atoms with Crippen molar-refractivity contribution in [2.45, 2.75) is 151 Å². The molecule has 2 saturated heterocycles. The van der Waals surface area contributed by atoms with Crippen LogP contribution in [0.5, 0.6) is 0 Å². The molecule has 0 saturated carbocycles. The van der Waals surface area contributed by atoms with Gasteiger partial charge in [-0.3, -0.25) is 33.6 Å². The van der Waals surface area contributed by atoms with Crippen LogP contribution in [-0.4, -0.2) is 155 Å². The highest BCUT2D eigenvalue weighted by Crippen LogP contribution is 2.37. The molecule has 2 aliphatic rings. The number of ether oxygens (including phenoxy) is 8. The molecule has 0 aliphatic carbocycles. The summed E-state index contributed by atoms with van der Waals surface area (Å²) in [4.78, 5) is 112. The van der Waals surface area contributed by atoms with Gasteiger partial charge in [0.05, 0.1) is 47.1 Å². The molecular weight excluding hydrogens is 847 g/mol. The first kappa shape index (κ1) is 52.5. The number of rotatable bonds is 19. The van der Waals surface area contributed by atoms with E-state index in [0.29, 0.717) is 0 Å². The van der Waals surface area contributed by atoms with Gasteiger partial charge in [0.15, 0.2) is 30.9 Å². The molecule has 62 heavy (non-hydrogen) atoms. The average Bonchev–Trinajstić information content (AvgIpc) is 3.18. The molecule has 23 nitrogen and oxygen atoms in total. The van der Waals surface area contributed by atoms with Gasteiger partial charge in [0, 0.05) is 52.5 Å². The molecule has 4 N–H and O–H groups in total. The molecule has 0 aromatic carbocycles. The van der Waals surface area contributed by atoms with E-state index < -0.39 is 131 Å². The molecule has 2 fully saturated rings. The van der Waals surface area contributed by atoms with E-state index in [2.05, 4.69) is 51.4 Å². The molecule has 10 atom stereocenters. The Kier molecular flexibility index (Phi) is 25.0. The van der Waals surface area contributed by atoms with Crippen LogP contribution in [0.25, 0.3) is 0 Å². The fraction of sp³-hybridized carbons (Fsp3) is 0.816. The van der Waals surface area contributed by atoms with Gasteiger partial charge in [-0.2, -0.15) is 0 Å². The van der Waals surface area contributed by atoms with Crippen molar-refractivity contribution >= 4 is 49.5 Å². The van der Waals surface area contributed by atoms with Crippen LogP contribution in [0.2, 0.25) is 0 Å². The summed E-state index contributed by atoms with van der Waals surface area (Å²) in [6.07, 6.45) is -15.2.